The summed E-state index contributed by atoms with van der Waals surface area (Å²) in [6, 6.07) is 7.55. The van der Waals surface area contributed by atoms with Gasteiger partial charge in [0.05, 0.1) is 11.6 Å². The lowest BCUT2D eigenvalue weighted by molar-refractivity contribution is -0.144. The number of nitriles is 1. The Morgan fingerprint density at radius 2 is 2.19 bits per heavy atom. The van der Waals surface area contributed by atoms with E-state index in [4.69, 9.17) is 10.00 Å². The summed E-state index contributed by atoms with van der Waals surface area (Å²) < 4.78 is 18.3. The maximum Gasteiger partial charge on any atom is 0.303 e. The van der Waals surface area contributed by atoms with Crippen LogP contribution in [0.15, 0.2) is 36.4 Å². The molecule has 1 rings (SSSR count). The molecule has 1 aromatic rings. The highest BCUT2D eigenvalue weighted by Crippen LogP contribution is 2.26. The summed E-state index contributed by atoms with van der Waals surface area (Å²) in [5, 5.41) is 8.71. The van der Waals surface area contributed by atoms with Gasteiger partial charge in [0, 0.05) is 12.5 Å². The molecule has 0 saturated heterocycles. The summed E-state index contributed by atoms with van der Waals surface area (Å²) in [4.78, 5) is 10.9. The van der Waals surface area contributed by atoms with E-state index in [-0.39, 0.29) is 11.1 Å². The molecule has 4 heteroatoms. The zero-order valence-corrected chi connectivity index (χ0v) is 8.74. The Morgan fingerprint density at radius 3 is 2.69 bits per heavy atom. The maximum atomic E-state index is 13.4. The van der Waals surface area contributed by atoms with E-state index >= 15 is 0 Å². The van der Waals surface area contributed by atoms with Gasteiger partial charge in [-0.2, -0.15) is 5.26 Å². The van der Waals surface area contributed by atoms with E-state index in [1.807, 2.05) is 0 Å². The molecule has 0 saturated carbocycles. The van der Waals surface area contributed by atoms with Crippen LogP contribution in [-0.2, 0) is 9.53 Å². The Balaban J connectivity index is 3.12. The molecule has 0 fully saturated rings. The van der Waals surface area contributed by atoms with E-state index < -0.39 is 17.9 Å². The first kappa shape index (κ1) is 11.9. The lowest BCUT2D eigenvalue weighted by Crippen LogP contribution is -2.11. The average molecular weight is 219 g/mol. The van der Waals surface area contributed by atoms with Crippen molar-refractivity contribution in [1.82, 2.24) is 0 Å². The molecule has 0 radical (unpaired) electrons. The van der Waals surface area contributed by atoms with Crippen LogP contribution < -0.4 is 0 Å². The third-order valence-corrected chi connectivity index (χ3v) is 1.93. The number of benzene rings is 1. The van der Waals surface area contributed by atoms with Crippen LogP contribution in [0.4, 0.5) is 4.39 Å². The highest BCUT2D eigenvalue weighted by atomic mass is 19.1. The Morgan fingerprint density at radius 1 is 1.56 bits per heavy atom. The molecule has 0 aliphatic heterocycles. The van der Waals surface area contributed by atoms with Crippen LogP contribution in [0, 0.1) is 17.1 Å². The smallest absolute Gasteiger partial charge is 0.303 e. The van der Waals surface area contributed by atoms with Gasteiger partial charge in [-0.25, -0.2) is 4.39 Å². The van der Waals surface area contributed by atoms with Crippen molar-refractivity contribution in [3.63, 3.8) is 0 Å². The monoisotopic (exact) mass is 219 g/mol. The molecule has 0 amide bonds. The minimum absolute atomic E-state index is 0.0136. The van der Waals surface area contributed by atoms with Crippen LogP contribution in [0.25, 0.3) is 0 Å². The molecule has 1 atom stereocenters. The Kier molecular flexibility index (Phi) is 3.78. The fourth-order valence-corrected chi connectivity index (χ4v) is 1.23. The third-order valence-electron chi connectivity index (χ3n) is 1.93. The molecule has 0 N–H and O–H groups in total. The van der Waals surface area contributed by atoms with Crippen LogP contribution in [0.3, 0.4) is 0 Å². The molecule has 0 heterocycles. The number of ether oxygens (including phenoxy) is 1. The predicted molar refractivity (Wildman–Crippen MR) is 55.7 cm³/mol. The molecular formula is C12H10FNO2. The molecule has 1 aromatic carbocycles. The van der Waals surface area contributed by atoms with E-state index in [1.54, 1.807) is 12.1 Å². The van der Waals surface area contributed by atoms with Gasteiger partial charge < -0.3 is 4.74 Å². The van der Waals surface area contributed by atoms with Gasteiger partial charge in [0.15, 0.2) is 6.10 Å². The summed E-state index contributed by atoms with van der Waals surface area (Å²) >= 11 is 0. The molecule has 1 unspecified atom stereocenters. The standard InChI is InChI=1S/C12H10FNO2/c1-8(7-14)12(16-9(2)15)10-5-3-4-6-11(10)13/h3-6,12H,1H2,2H3. The van der Waals surface area contributed by atoms with Crippen molar-refractivity contribution >= 4 is 5.97 Å². The first-order valence-electron chi connectivity index (χ1n) is 4.56. The second-order valence-corrected chi connectivity index (χ2v) is 3.15. The largest absolute Gasteiger partial charge is 0.452 e. The van der Waals surface area contributed by atoms with Gasteiger partial charge in [0.25, 0.3) is 0 Å². The van der Waals surface area contributed by atoms with Gasteiger partial charge in [-0.05, 0) is 6.07 Å². The summed E-state index contributed by atoms with van der Waals surface area (Å²) in [6.07, 6.45) is -1.05. The Labute approximate surface area is 92.8 Å². The molecule has 0 aliphatic rings. The number of hydrogen-bond acceptors (Lipinski definition) is 3. The summed E-state index contributed by atoms with van der Waals surface area (Å²) in [5.74, 6) is -1.13. The molecule has 0 aliphatic carbocycles. The number of rotatable bonds is 3. The Bertz CT molecular complexity index is 462. The van der Waals surface area contributed by atoms with E-state index in [2.05, 4.69) is 6.58 Å². The van der Waals surface area contributed by atoms with Gasteiger partial charge in [0.2, 0.25) is 0 Å². The van der Waals surface area contributed by atoms with Crippen molar-refractivity contribution in [3.8, 4) is 6.07 Å². The topological polar surface area (TPSA) is 50.1 Å². The number of nitrogens with zero attached hydrogens (tertiary/aromatic N) is 1. The Hall–Kier alpha value is -2.15. The minimum Gasteiger partial charge on any atom is -0.452 e. The lowest BCUT2D eigenvalue weighted by atomic mass is 10.0. The van der Waals surface area contributed by atoms with Gasteiger partial charge in [0.1, 0.15) is 5.82 Å². The molecular weight excluding hydrogens is 209 g/mol. The van der Waals surface area contributed by atoms with E-state index in [9.17, 15) is 9.18 Å². The number of halogens is 1. The van der Waals surface area contributed by atoms with Crippen LogP contribution in [0.5, 0.6) is 0 Å². The van der Waals surface area contributed by atoms with Gasteiger partial charge in [-0.1, -0.05) is 24.8 Å². The van der Waals surface area contributed by atoms with Crippen LogP contribution in [0.2, 0.25) is 0 Å². The maximum absolute atomic E-state index is 13.4. The summed E-state index contributed by atoms with van der Waals surface area (Å²) in [5.41, 5.74) is 0.115. The number of hydrogen-bond donors (Lipinski definition) is 0. The second-order valence-electron chi connectivity index (χ2n) is 3.15. The van der Waals surface area contributed by atoms with Crippen molar-refractivity contribution in [2.45, 2.75) is 13.0 Å². The van der Waals surface area contributed by atoms with Crippen LogP contribution in [0.1, 0.15) is 18.6 Å². The quantitative estimate of drug-likeness (QED) is 0.579. The van der Waals surface area contributed by atoms with Crippen molar-refractivity contribution in [2.24, 2.45) is 0 Å². The van der Waals surface area contributed by atoms with E-state index in [0.717, 1.165) is 0 Å². The molecule has 0 bridgehead atoms. The van der Waals surface area contributed by atoms with Gasteiger partial charge >= 0.3 is 5.97 Å². The SMILES string of the molecule is C=C(C#N)C(OC(C)=O)c1ccccc1F. The molecule has 16 heavy (non-hydrogen) atoms. The predicted octanol–water partition coefficient (Wildman–Crippen LogP) is 2.51. The lowest BCUT2D eigenvalue weighted by Gasteiger charge is -2.16. The van der Waals surface area contributed by atoms with E-state index in [0.29, 0.717) is 0 Å². The molecule has 3 nitrogen and oxygen atoms in total. The fraction of sp³-hybridized carbons (Fsp3) is 0.167. The first-order chi connectivity index (χ1) is 7.56. The zero-order chi connectivity index (χ0) is 12.1. The minimum atomic E-state index is -1.05. The fourth-order valence-electron chi connectivity index (χ4n) is 1.23. The first-order valence-corrected chi connectivity index (χ1v) is 4.56. The number of carbonyl (C=O) groups is 1. The normalized spacial score (nSPS) is 11.3. The van der Waals surface area contributed by atoms with Crippen LogP contribution >= 0.6 is 0 Å². The average Bonchev–Trinajstić information content (AvgIpc) is 2.26. The molecule has 82 valence electrons. The van der Waals surface area contributed by atoms with Crippen molar-refractivity contribution < 1.29 is 13.9 Å². The van der Waals surface area contributed by atoms with Crippen molar-refractivity contribution in [1.29, 1.82) is 5.26 Å². The van der Waals surface area contributed by atoms with E-state index in [1.165, 1.54) is 25.1 Å². The number of esters is 1. The summed E-state index contributed by atoms with van der Waals surface area (Å²) in [6.45, 7) is 4.63. The molecule has 0 aromatic heterocycles. The molecule has 0 spiro atoms. The van der Waals surface area contributed by atoms with Gasteiger partial charge in [-0.15, -0.1) is 0 Å². The van der Waals surface area contributed by atoms with Gasteiger partial charge in [-0.3, -0.25) is 4.79 Å². The van der Waals surface area contributed by atoms with Crippen molar-refractivity contribution in [3.05, 3.63) is 47.8 Å². The highest BCUT2D eigenvalue weighted by Gasteiger charge is 2.21. The van der Waals surface area contributed by atoms with Crippen molar-refractivity contribution in [2.75, 3.05) is 0 Å². The second kappa shape index (κ2) is 5.08. The highest BCUT2D eigenvalue weighted by molar-refractivity contribution is 5.67. The summed E-state index contributed by atoms with van der Waals surface area (Å²) in [7, 11) is 0. The van der Waals surface area contributed by atoms with Crippen LogP contribution in [-0.4, -0.2) is 5.97 Å². The number of carbonyl (C=O) groups excluding carboxylic acids is 1. The zero-order valence-electron chi connectivity index (χ0n) is 8.74. The third kappa shape index (κ3) is 2.67.